The van der Waals surface area contributed by atoms with Crippen molar-refractivity contribution in [1.82, 2.24) is 20.9 Å². The maximum atomic E-state index is 12.1. The molecule has 0 bridgehead atoms. The molecule has 0 unspecified atom stereocenters. The molecule has 1 aromatic rings. The molecule has 0 saturated carbocycles. The molecule has 2 rings (SSSR count). The first-order valence-electron chi connectivity index (χ1n) is 7.91. The van der Waals surface area contributed by atoms with Crippen LogP contribution in [0.5, 0.6) is 0 Å². The molecule has 0 radical (unpaired) electrons. The summed E-state index contributed by atoms with van der Waals surface area (Å²) in [5.74, 6) is 0. The molecule has 0 aliphatic carbocycles. The number of nitrogens with one attached hydrogen (secondary N) is 3. The Labute approximate surface area is 133 Å². The smallest absolute Gasteiger partial charge is 0.315 e. The van der Waals surface area contributed by atoms with Gasteiger partial charge in [-0.2, -0.15) is 0 Å². The minimum absolute atomic E-state index is 0.0251. The van der Waals surface area contributed by atoms with E-state index in [0.29, 0.717) is 6.54 Å². The molecule has 1 aliphatic rings. The van der Waals surface area contributed by atoms with Gasteiger partial charge in [0, 0.05) is 23.3 Å². The van der Waals surface area contributed by atoms with E-state index >= 15 is 0 Å². The lowest BCUT2D eigenvalue weighted by Gasteiger charge is -2.46. The number of rotatable bonds is 3. The zero-order valence-electron chi connectivity index (χ0n) is 14.3. The van der Waals surface area contributed by atoms with Crippen LogP contribution in [0.3, 0.4) is 0 Å². The molecule has 3 N–H and O–H groups in total. The second-order valence-corrected chi connectivity index (χ2v) is 7.59. The summed E-state index contributed by atoms with van der Waals surface area (Å²) in [6.45, 7) is 11.2. The van der Waals surface area contributed by atoms with E-state index in [0.717, 1.165) is 24.1 Å². The van der Waals surface area contributed by atoms with E-state index in [1.807, 2.05) is 19.1 Å². The second-order valence-electron chi connectivity index (χ2n) is 7.59. The fourth-order valence-electron chi connectivity index (χ4n) is 3.53. The van der Waals surface area contributed by atoms with Crippen molar-refractivity contribution >= 4 is 6.03 Å². The SMILES string of the molecule is Cc1cccnc1CNC(=O)NC1CC(C)(C)NC(C)(C)C1. The maximum absolute atomic E-state index is 12.1. The van der Waals surface area contributed by atoms with Crippen molar-refractivity contribution in [2.24, 2.45) is 0 Å². The van der Waals surface area contributed by atoms with E-state index in [1.54, 1.807) is 6.20 Å². The van der Waals surface area contributed by atoms with Crippen molar-refractivity contribution in [1.29, 1.82) is 0 Å². The van der Waals surface area contributed by atoms with Crippen LogP contribution in [0.1, 0.15) is 51.8 Å². The van der Waals surface area contributed by atoms with E-state index in [4.69, 9.17) is 0 Å². The zero-order valence-corrected chi connectivity index (χ0v) is 14.3. The van der Waals surface area contributed by atoms with Gasteiger partial charge in [0.2, 0.25) is 0 Å². The van der Waals surface area contributed by atoms with Crippen LogP contribution in [0.2, 0.25) is 0 Å². The van der Waals surface area contributed by atoms with Crippen molar-refractivity contribution in [2.75, 3.05) is 0 Å². The predicted molar refractivity (Wildman–Crippen MR) is 88.7 cm³/mol. The van der Waals surface area contributed by atoms with Gasteiger partial charge in [-0.3, -0.25) is 4.98 Å². The molecule has 1 aliphatic heterocycles. The molecular weight excluding hydrogens is 276 g/mol. The van der Waals surface area contributed by atoms with Crippen LogP contribution in [0.15, 0.2) is 18.3 Å². The van der Waals surface area contributed by atoms with E-state index in [1.165, 1.54) is 0 Å². The lowest BCUT2D eigenvalue weighted by Crippen LogP contribution is -2.62. The third-order valence-electron chi connectivity index (χ3n) is 4.06. The second kappa shape index (κ2) is 6.24. The van der Waals surface area contributed by atoms with Crippen LogP contribution in [0.25, 0.3) is 0 Å². The number of hydrogen-bond acceptors (Lipinski definition) is 3. The van der Waals surface area contributed by atoms with Gasteiger partial charge in [0.15, 0.2) is 0 Å². The summed E-state index contributed by atoms with van der Waals surface area (Å²) >= 11 is 0. The lowest BCUT2D eigenvalue weighted by molar-refractivity contribution is 0.147. The first-order chi connectivity index (χ1) is 10.2. The number of hydrogen-bond donors (Lipinski definition) is 3. The molecule has 0 spiro atoms. The fourth-order valence-corrected chi connectivity index (χ4v) is 3.53. The number of carbonyl (C=O) groups is 1. The monoisotopic (exact) mass is 304 g/mol. The topological polar surface area (TPSA) is 66.0 Å². The van der Waals surface area contributed by atoms with Crippen LogP contribution in [-0.2, 0) is 6.54 Å². The molecule has 2 amide bonds. The Morgan fingerprint density at radius 2 is 1.95 bits per heavy atom. The summed E-state index contributed by atoms with van der Waals surface area (Å²) in [5, 5.41) is 9.63. The summed E-state index contributed by atoms with van der Waals surface area (Å²) in [5.41, 5.74) is 2.05. The van der Waals surface area contributed by atoms with Crippen molar-refractivity contribution < 1.29 is 4.79 Å². The summed E-state index contributed by atoms with van der Waals surface area (Å²) in [4.78, 5) is 16.4. The molecule has 5 nitrogen and oxygen atoms in total. The molecule has 0 aromatic carbocycles. The number of amides is 2. The fraction of sp³-hybridized carbons (Fsp3) is 0.647. The highest BCUT2D eigenvalue weighted by atomic mass is 16.2. The Morgan fingerprint density at radius 1 is 1.32 bits per heavy atom. The van der Waals surface area contributed by atoms with Gasteiger partial charge in [0.05, 0.1) is 12.2 Å². The van der Waals surface area contributed by atoms with Crippen LogP contribution in [-0.4, -0.2) is 28.1 Å². The highest BCUT2D eigenvalue weighted by Crippen LogP contribution is 2.28. The van der Waals surface area contributed by atoms with Crippen molar-refractivity contribution in [3.05, 3.63) is 29.6 Å². The van der Waals surface area contributed by atoms with Crippen LogP contribution >= 0.6 is 0 Å². The average molecular weight is 304 g/mol. The normalized spacial score (nSPS) is 20.4. The number of nitrogens with zero attached hydrogens (tertiary/aromatic N) is 1. The number of aryl methyl sites for hydroxylation is 1. The number of urea groups is 1. The summed E-state index contributed by atoms with van der Waals surface area (Å²) in [6.07, 6.45) is 3.60. The number of pyridine rings is 1. The standard InChI is InChI=1S/C17H28N4O/c1-12-7-6-8-18-14(12)11-19-15(22)20-13-9-16(2,3)21-17(4,5)10-13/h6-8,13,21H,9-11H2,1-5H3,(H2,19,20,22). The highest BCUT2D eigenvalue weighted by molar-refractivity contribution is 5.74. The maximum Gasteiger partial charge on any atom is 0.315 e. The summed E-state index contributed by atoms with van der Waals surface area (Å²) in [6, 6.07) is 3.96. The molecule has 0 atom stereocenters. The Kier molecular flexibility index (Phi) is 4.75. The van der Waals surface area contributed by atoms with Crippen LogP contribution < -0.4 is 16.0 Å². The molecule has 1 fully saturated rings. The molecule has 2 heterocycles. The number of carbonyl (C=O) groups excluding carboxylic acids is 1. The van der Waals surface area contributed by atoms with Crippen LogP contribution in [0.4, 0.5) is 4.79 Å². The van der Waals surface area contributed by atoms with Gasteiger partial charge in [0.25, 0.3) is 0 Å². The average Bonchev–Trinajstić information content (AvgIpc) is 2.33. The van der Waals surface area contributed by atoms with E-state index < -0.39 is 0 Å². The molecule has 22 heavy (non-hydrogen) atoms. The molecular formula is C17H28N4O. The third kappa shape index (κ3) is 4.70. The van der Waals surface area contributed by atoms with Gasteiger partial charge in [-0.05, 0) is 59.1 Å². The first-order valence-corrected chi connectivity index (χ1v) is 7.91. The van der Waals surface area contributed by atoms with E-state index in [9.17, 15) is 4.79 Å². The predicted octanol–water partition coefficient (Wildman–Crippen LogP) is 2.50. The minimum atomic E-state index is -0.122. The van der Waals surface area contributed by atoms with Crippen molar-refractivity contribution in [3.8, 4) is 0 Å². The Balaban J connectivity index is 1.88. The van der Waals surface area contributed by atoms with Gasteiger partial charge >= 0.3 is 6.03 Å². The third-order valence-corrected chi connectivity index (χ3v) is 4.06. The summed E-state index contributed by atoms with van der Waals surface area (Å²) < 4.78 is 0. The Hall–Kier alpha value is -1.62. The van der Waals surface area contributed by atoms with Gasteiger partial charge in [-0.15, -0.1) is 0 Å². The zero-order chi connectivity index (χ0) is 16.4. The summed E-state index contributed by atoms with van der Waals surface area (Å²) in [7, 11) is 0. The quantitative estimate of drug-likeness (QED) is 0.804. The van der Waals surface area contributed by atoms with Crippen LogP contribution in [0, 0.1) is 6.92 Å². The molecule has 122 valence electrons. The van der Waals surface area contributed by atoms with Gasteiger partial charge in [0.1, 0.15) is 0 Å². The molecule has 1 aromatic heterocycles. The minimum Gasteiger partial charge on any atom is -0.335 e. The Bertz CT molecular complexity index is 523. The van der Waals surface area contributed by atoms with Gasteiger partial charge in [-0.25, -0.2) is 4.79 Å². The first kappa shape index (κ1) is 16.7. The molecule has 1 saturated heterocycles. The number of piperidine rings is 1. The molecule has 5 heteroatoms. The van der Waals surface area contributed by atoms with Gasteiger partial charge < -0.3 is 16.0 Å². The largest absolute Gasteiger partial charge is 0.335 e. The van der Waals surface area contributed by atoms with Gasteiger partial charge in [-0.1, -0.05) is 6.07 Å². The van der Waals surface area contributed by atoms with E-state index in [-0.39, 0.29) is 23.2 Å². The highest BCUT2D eigenvalue weighted by Gasteiger charge is 2.38. The lowest BCUT2D eigenvalue weighted by atomic mass is 9.80. The van der Waals surface area contributed by atoms with E-state index in [2.05, 4.69) is 48.6 Å². The van der Waals surface area contributed by atoms with Crippen molar-refractivity contribution in [2.45, 2.75) is 71.1 Å². The van der Waals surface area contributed by atoms with Crippen molar-refractivity contribution in [3.63, 3.8) is 0 Å². The Morgan fingerprint density at radius 3 is 2.55 bits per heavy atom. The number of aromatic nitrogens is 1.